The van der Waals surface area contributed by atoms with Crippen LogP contribution in [0.5, 0.6) is 0 Å². The van der Waals surface area contributed by atoms with Gasteiger partial charge in [-0.3, -0.25) is 0 Å². The fourth-order valence-electron chi connectivity index (χ4n) is 1.27. The van der Waals surface area contributed by atoms with Crippen molar-refractivity contribution in [1.82, 2.24) is 14.6 Å². The van der Waals surface area contributed by atoms with E-state index in [-0.39, 0.29) is 16.4 Å². The lowest BCUT2D eigenvalue weighted by molar-refractivity contribution is 0.0698. The van der Waals surface area contributed by atoms with Crippen molar-refractivity contribution in [3.63, 3.8) is 0 Å². The Balaban J connectivity index is 2.86. The molecule has 0 spiro atoms. The highest BCUT2D eigenvalue weighted by molar-refractivity contribution is 6.29. The van der Waals surface area contributed by atoms with Gasteiger partial charge in [-0.2, -0.15) is 5.10 Å². The van der Waals surface area contributed by atoms with Gasteiger partial charge in [0.15, 0.2) is 5.65 Å². The van der Waals surface area contributed by atoms with Crippen molar-refractivity contribution in [3.8, 4) is 0 Å². The molecule has 2 aromatic heterocycles. The van der Waals surface area contributed by atoms with Crippen LogP contribution >= 0.6 is 11.6 Å². The Morgan fingerprint density at radius 2 is 2.36 bits per heavy atom. The van der Waals surface area contributed by atoms with Gasteiger partial charge in [0.25, 0.3) is 0 Å². The molecule has 0 fully saturated rings. The van der Waals surface area contributed by atoms with Gasteiger partial charge >= 0.3 is 5.97 Å². The number of carboxylic acid groups (broad SMARTS) is 1. The summed E-state index contributed by atoms with van der Waals surface area (Å²) < 4.78 is 1.39. The van der Waals surface area contributed by atoms with Crippen molar-refractivity contribution in [2.24, 2.45) is 0 Å². The molecule has 0 saturated heterocycles. The fraction of sp³-hybridized carbons (Fsp3) is 0.125. The molecule has 2 aromatic rings. The molecule has 1 N–H and O–H groups in total. The van der Waals surface area contributed by atoms with Gasteiger partial charge in [0, 0.05) is 6.20 Å². The second-order valence-electron chi connectivity index (χ2n) is 2.78. The zero-order valence-electron chi connectivity index (χ0n) is 7.23. The van der Waals surface area contributed by atoms with Crippen molar-refractivity contribution >= 4 is 23.2 Å². The van der Waals surface area contributed by atoms with Gasteiger partial charge in [-0.1, -0.05) is 11.6 Å². The number of fused-ring (bicyclic) bond motifs is 1. The van der Waals surface area contributed by atoms with Crippen LogP contribution < -0.4 is 0 Å². The van der Waals surface area contributed by atoms with Crippen LogP contribution in [0, 0.1) is 6.92 Å². The third-order valence-corrected chi connectivity index (χ3v) is 2.05. The van der Waals surface area contributed by atoms with E-state index in [0.29, 0.717) is 5.69 Å². The predicted molar refractivity (Wildman–Crippen MR) is 49.7 cm³/mol. The molecule has 0 saturated carbocycles. The number of aromatic nitrogens is 3. The molecule has 72 valence electrons. The largest absolute Gasteiger partial charge is 0.477 e. The van der Waals surface area contributed by atoms with E-state index in [2.05, 4.69) is 10.1 Å². The van der Waals surface area contributed by atoms with Gasteiger partial charge in [-0.15, -0.1) is 0 Å². The lowest BCUT2D eigenvalue weighted by Gasteiger charge is -1.93. The number of halogens is 1. The zero-order valence-corrected chi connectivity index (χ0v) is 7.99. The first-order valence-corrected chi connectivity index (χ1v) is 4.22. The van der Waals surface area contributed by atoms with Crippen LogP contribution in [-0.4, -0.2) is 25.7 Å². The fourth-order valence-corrected chi connectivity index (χ4v) is 1.40. The number of rotatable bonds is 1. The number of carboxylic acids is 1. The highest BCUT2D eigenvalue weighted by Crippen LogP contribution is 2.15. The predicted octanol–water partition coefficient (Wildman–Crippen LogP) is 1.39. The van der Waals surface area contributed by atoms with E-state index in [1.807, 2.05) is 0 Å². The molecular formula is C8H6ClN3O2. The first-order chi connectivity index (χ1) is 6.59. The quantitative estimate of drug-likeness (QED) is 0.724. The molecule has 6 heteroatoms. The van der Waals surface area contributed by atoms with E-state index in [9.17, 15) is 4.79 Å². The Kier molecular flexibility index (Phi) is 1.89. The lowest BCUT2D eigenvalue weighted by Crippen LogP contribution is -1.99. The molecule has 0 amide bonds. The monoisotopic (exact) mass is 211 g/mol. The van der Waals surface area contributed by atoms with Crippen molar-refractivity contribution in [2.75, 3.05) is 0 Å². The molecule has 0 aliphatic heterocycles. The third-order valence-electron chi connectivity index (χ3n) is 1.84. The van der Waals surface area contributed by atoms with Gasteiger partial charge in [-0.05, 0) is 13.0 Å². The van der Waals surface area contributed by atoms with Crippen LogP contribution in [0.3, 0.4) is 0 Å². The number of carbonyl (C=O) groups is 1. The van der Waals surface area contributed by atoms with Gasteiger partial charge in [0.2, 0.25) is 0 Å². The maximum atomic E-state index is 10.9. The van der Waals surface area contributed by atoms with Crippen molar-refractivity contribution in [1.29, 1.82) is 0 Å². The molecule has 14 heavy (non-hydrogen) atoms. The minimum Gasteiger partial charge on any atom is -0.477 e. The SMILES string of the molecule is Cc1nn2ccc(Cl)nc2c1C(=O)O. The summed E-state index contributed by atoms with van der Waals surface area (Å²) in [5.74, 6) is -1.05. The minimum atomic E-state index is -1.05. The van der Waals surface area contributed by atoms with Gasteiger partial charge in [0.05, 0.1) is 5.69 Å². The van der Waals surface area contributed by atoms with Crippen LogP contribution in [0.25, 0.3) is 5.65 Å². The van der Waals surface area contributed by atoms with E-state index < -0.39 is 5.97 Å². The van der Waals surface area contributed by atoms with Gasteiger partial charge < -0.3 is 5.11 Å². The van der Waals surface area contributed by atoms with Crippen LogP contribution in [0.4, 0.5) is 0 Å². The van der Waals surface area contributed by atoms with E-state index in [1.165, 1.54) is 4.52 Å². The van der Waals surface area contributed by atoms with Crippen LogP contribution in [0.2, 0.25) is 5.15 Å². The molecule has 0 aliphatic carbocycles. The summed E-state index contributed by atoms with van der Waals surface area (Å²) in [7, 11) is 0. The van der Waals surface area contributed by atoms with Gasteiger partial charge in [0.1, 0.15) is 10.7 Å². The van der Waals surface area contributed by atoms with E-state index in [0.717, 1.165) is 0 Å². The van der Waals surface area contributed by atoms with Gasteiger partial charge in [-0.25, -0.2) is 14.3 Å². The maximum absolute atomic E-state index is 10.9. The topological polar surface area (TPSA) is 67.5 Å². The average molecular weight is 212 g/mol. The molecule has 0 aliphatic rings. The van der Waals surface area contributed by atoms with Crippen molar-refractivity contribution in [3.05, 3.63) is 28.7 Å². The number of aryl methyl sites for hydroxylation is 1. The molecule has 2 heterocycles. The molecule has 2 rings (SSSR count). The Morgan fingerprint density at radius 1 is 1.64 bits per heavy atom. The smallest absolute Gasteiger partial charge is 0.341 e. The number of nitrogens with zero attached hydrogens (tertiary/aromatic N) is 3. The Hall–Kier alpha value is -1.62. The number of hydrogen-bond donors (Lipinski definition) is 1. The first kappa shape index (κ1) is 8.96. The standard InChI is InChI=1S/C8H6ClN3O2/c1-4-6(8(13)14)7-10-5(9)2-3-12(7)11-4/h2-3H,1H3,(H,13,14). The summed E-state index contributed by atoms with van der Waals surface area (Å²) in [6.07, 6.45) is 1.57. The molecule has 0 bridgehead atoms. The lowest BCUT2D eigenvalue weighted by atomic mass is 10.2. The highest BCUT2D eigenvalue weighted by atomic mass is 35.5. The molecule has 5 nitrogen and oxygen atoms in total. The van der Waals surface area contributed by atoms with E-state index in [1.54, 1.807) is 19.2 Å². The number of hydrogen-bond acceptors (Lipinski definition) is 3. The van der Waals surface area contributed by atoms with Crippen LogP contribution in [-0.2, 0) is 0 Å². The summed E-state index contributed by atoms with van der Waals surface area (Å²) in [5.41, 5.74) is 0.780. The summed E-state index contributed by atoms with van der Waals surface area (Å²) in [6.45, 7) is 1.62. The van der Waals surface area contributed by atoms with Crippen molar-refractivity contribution < 1.29 is 9.90 Å². The zero-order chi connectivity index (χ0) is 10.3. The van der Waals surface area contributed by atoms with E-state index in [4.69, 9.17) is 16.7 Å². The minimum absolute atomic E-state index is 0.0903. The summed E-state index contributed by atoms with van der Waals surface area (Å²) in [4.78, 5) is 14.8. The second-order valence-corrected chi connectivity index (χ2v) is 3.17. The number of aromatic carboxylic acids is 1. The molecule has 0 radical (unpaired) electrons. The normalized spacial score (nSPS) is 10.7. The summed E-state index contributed by atoms with van der Waals surface area (Å²) in [6, 6.07) is 1.55. The average Bonchev–Trinajstić information content (AvgIpc) is 2.40. The molecule has 0 atom stereocenters. The Morgan fingerprint density at radius 3 is 3.00 bits per heavy atom. The van der Waals surface area contributed by atoms with Crippen molar-refractivity contribution in [2.45, 2.75) is 6.92 Å². The molecule has 0 aromatic carbocycles. The summed E-state index contributed by atoms with van der Waals surface area (Å²) in [5, 5.41) is 13.1. The first-order valence-electron chi connectivity index (χ1n) is 3.84. The Labute approximate surface area is 83.9 Å². The Bertz CT molecular complexity index is 521. The maximum Gasteiger partial charge on any atom is 0.341 e. The third kappa shape index (κ3) is 1.22. The molecular weight excluding hydrogens is 206 g/mol. The summed E-state index contributed by atoms with van der Waals surface area (Å²) >= 11 is 5.66. The van der Waals surface area contributed by atoms with Crippen LogP contribution in [0.1, 0.15) is 16.1 Å². The van der Waals surface area contributed by atoms with Crippen LogP contribution in [0.15, 0.2) is 12.3 Å². The second kappa shape index (κ2) is 2.95. The molecule has 0 unspecified atom stereocenters. The highest BCUT2D eigenvalue weighted by Gasteiger charge is 2.17. The van der Waals surface area contributed by atoms with E-state index >= 15 is 0 Å².